The van der Waals surface area contributed by atoms with Crippen LogP contribution in [0.3, 0.4) is 0 Å². The van der Waals surface area contributed by atoms with Crippen LogP contribution in [0.4, 0.5) is 10.5 Å². The van der Waals surface area contributed by atoms with E-state index in [4.69, 9.17) is 16.6 Å². The summed E-state index contributed by atoms with van der Waals surface area (Å²) in [4.78, 5) is 38.0. The summed E-state index contributed by atoms with van der Waals surface area (Å²) in [7, 11) is 3.23. The van der Waals surface area contributed by atoms with E-state index in [9.17, 15) is 9.59 Å². The molecule has 9 heteroatoms. The van der Waals surface area contributed by atoms with E-state index in [1.807, 2.05) is 18.2 Å². The van der Waals surface area contributed by atoms with Gasteiger partial charge in [-0.15, -0.1) is 0 Å². The minimum atomic E-state index is -0.591. The number of aryl methyl sites for hydroxylation is 1. The van der Waals surface area contributed by atoms with Crippen molar-refractivity contribution in [3.63, 3.8) is 0 Å². The first-order valence-electron chi connectivity index (χ1n) is 11.9. The summed E-state index contributed by atoms with van der Waals surface area (Å²) in [5.74, 6) is 1.10. The molecular formula is C26H30ClN6O2+. The third-order valence-corrected chi connectivity index (χ3v) is 7.23. The van der Waals surface area contributed by atoms with Crippen molar-refractivity contribution in [2.75, 3.05) is 51.7 Å². The maximum absolute atomic E-state index is 13.2. The van der Waals surface area contributed by atoms with Gasteiger partial charge in [0.05, 0.1) is 0 Å². The van der Waals surface area contributed by atoms with E-state index in [0.717, 1.165) is 48.3 Å². The molecule has 0 radical (unpaired) electrons. The lowest BCUT2D eigenvalue weighted by molar-refractivity contribution is -0.552. The summed E-state index contributed by atoms with van der Waals surface area (Å²) in [6, 6.07) is 15.3. The van der Waals surface area contributed by atoms with Crippen LogP contribution in [0.15, 0.2) is 53.5 Å². The number of likely N-dealkylation sites (N-methyl/N-ethyl adjacent to an activating group) is 2. The Bertz CT molecular complexity index is 1220. The highest BCUT2D eigenvalue weighted by atomic mass is 35.5. The van der Waals surface area contributed by atoms with E-state index in [1.165, 1.54) is 22.4 Å². The summed E-state index contributed by atoms with van der Waals surface area (Å²) >= 11 is 6.18. The summed E-state index contributed by atoms with van der Waals surface area (Å²) in [6.45, 7) is 6.73. The number of aliphatic imine (C=N–C) groups is 1. The molecule has 1 atom stereocenters. The number of piperazine rings is 1. The molecule has 0 bridgehead atoms. The monoisotopic (exact) mass is 493 g/mol. The van der Waals surface area contributed by atoms with Crippen molar-refractivity contribution in [1.29, 1.82) is 0 Å². The molecule has 8 nitrogen and oxygen atoms in total. The topological polar surface area (TPSA) is 62.5 Å². The van der Waals surface area contributed by atoms with E-state index >= 15 is 0 Å². The number of halogens is 1. The van der Waals surface area contributed by atoms with Gasteiger partial charge in [-0.3, -0.25) is 19.5 Å². The van der Waals surface area contributed by atoms with Gasteiger partial charge in [0.15, 0.2) is 0 Å². The number of amides is 3. The number of carbonyl (C=O) groups excluding carboxylic acids is 2. The van der Waals surface area contributed by atoms with Crippen LogP contribution in [0.25, 0.3) is 0 Å². The first kappa shape index (κ1) is 23.5. The van der Waals surface area contributed by atoms with Crippen LogP contribution in [0.5, 0.6) is 0 Å². The quantitative estimate of drug-likeness (QED) is 0.601. The van der Waals surface area contributed by atoms with Gasteiger partial charge in [-0.2, -0.15) is 0 Å². The molecule has 3 aliphatic rings. The molecule has 35 heavy (non-hydrogen) atoms. The number of nitrogens with zero attached hydrogens (tertiary/aromatic N) is 6. The Morgan fingerprint density at radius 3 is 2.40 bits per heavy atom. The van der Waals surface area contributed by atoms with Gasteiger partial charge < -0.3 is 4.90 Å². The SMILES string of the molecule is Cc1ccc(C[N+]2=C(CN3CCN(c4cccc(Cl)c4)CC3)N=C3C2C(=O)N(C)C(=O)N3C)cc1. The zero-order valence-electron chi connectivity index (χ0n) is 20.3. The Balaban J connectivity index is 1.38. The number of anilines is 1. The number of urea groups is 1. The van der Waals surface area contributed by atoms with E-state index in [1.54, 1.807) is 7.05 Å². The standard InChI is InChI=1S/C26H30ClN6O2/c1-18-7-9-19(10-8-18)16-33-22(28-24-23(33)25(34)30(3)26(35)29(24)2)17-31-11-13-32(14-12-31)21-6-4-5-20(27)15-21/h4-10,15,23H,11-14,16-17H2,1-3H3/q+1. The van der Waals surface area contributed by atoms with Gasteiger partial charge in [0.1, 0.15) is 13.1 Å². The second kappa shape index (κ2) is 9.43. The summed E-state index contributed by atoms with van der Waals surface area (Å²) < 4.78 is 2.06. The number of hydrogen-bond acceptors (Lipinski definition) is 5. The molecule has 3 heterocycles. The highest BCUT2D eigenvalue weighted by Gasteiger charge is 2.53. The molecule has 2 aromatic carbocycles. The van der Waals surface area contributed by atoms with E-state index < -0.39 is 6.04 Å². The number of imide groups is 1. The Kier molecular flexibility index (Phi) is 6.34. The Morgan fingerprint density at radius 1 is 1.00 bits per heavy atom. The molecule has 0 aromatic heterocycles. The molecule has 2 saturated heterocycles. The summed E-state index contributed by atoms with van der Waals surface area (Å²) in [5, 5.41) is 0.741. The molecular weight excluding hydrogens is 464 g/mol. The number of fused-ring (bicyclic) bond motifs is 1. The van der Waals surface area contributed by atoms with Gasteiger partial charge >= 0.3 is 11.9 Å². The van der Waals surface area contributed by atoms with E-state index in [2.05, 4.69) is 51.6 Å². The van der Waals surface area contributed by atoms with Gasteiger partial charge in [0.25, 0.3) is 17.8 Å². The van der Waals surface area contributed by atoms with Crippen LogP contribution in [0.1, 0.15) is 11.1 Å². The maximum Gasteiger partial charge on any atom is 0.333 e. The molecule has 3 aliphatic heterocycles. The second-order valence-electron chi connectivity index (χ2n) is 9.38. The molecule has 3 amide bonds. The number of benzene rings is 2. The smallest absolute Gasteiger partial charge is 0.333 e. The number of hydrogen-bond donors (Lipinski definition) is 0. The van der Waals surface area contributed by atoms with Crippen LogP contribution in [0.2, 0.25) is 5.02 Å². The fourth-order valence-electron chi connectivity index (χ4n) is 4.88. The zero-order chi connectivity index (χ0) is 24.7. The van der Waals surface area contributed by atoms with Crippen LogP contribution >= 0.6 is 11.6 Å². The van der Waals surface area contributed by atoms with Crippen molar-refractivity contribution in [2.45, 2.75) is 19.5 Å². The molecule has 182 valence electrons. The van der Waals surface area contributed by atoms with E-state index in [-0.39, 0.29) is 11.9 Å². The van der Waals surface area contributed by atoms with Crippen LogP contribution < -0.4 is 4.90 Å². The average Bonchev–Trinajstić information content (AvgIpc) is 3.21. The summed E-state index contributed by atoms with van der Waals surface area (Å²) in [5.41, 5.74) is 3.42. The summed E-state index contributed by atoms with van der Waals surface area (Å²) in [6.07, 6.45) is 0. The Morgan fingerprint density at radius 2 is 1.71 bits per heavy atom. The highest BCUT2D eigenvalue weighted by molar-refractivity contribution is 6.30. The lowest BCUT2D eigenvalue weighted by Crippen LogP contribution is -2.61. The highest BCUT2D eigenvalue weighted by Crippen LogP contribution is 2.23. The van der Waals surface area contributed by atoms with Gasteiger partial charge in [-0.1, -0.05) is 47.5 Å². The second-order valence-corrected chi connectivity index (χ2v) is 9.82. The minimum Gasteiger partial charge on any atom is -0.369 e. The van der Waals surface area contributed by atoms with Crippen molar-refractivity contribution < 1.29 is 14.2 Å². The zero-order valence-corrected chi connectivity index (χ0v) is 21.1. The molecule has 0 N–H and O–H groups in total. The molecule has 0 spiro atoms. The maximum atomic E-state index is 13.2. The molecule has 2 fully saturated rings. The molecule has 0 saturated carbocycles. The normalized spacial score (nSPS) is 21.1. The fraction of sp³-hybridized carbons (Fsp3) is 0.385. The number of carbonyl (C=O) groups is 2. The van der Waals surface area contributed by atoms with Crippen LogP contribution in [-0.2, 0) is 11.3 Å². The first-order chi connectivity index (χ1) is 16.8. The van der Waals surface area contributed by atoms with Gasteiger partial charge in [0.2, 0.25) is 0 Å². The first-order valence-corrected chi connectivity index (χ1v) is 12.2. The van der Waals surface area contributed by atoms with Gasteiger partial charge in [0, 0.05) is 51.0 Å². The third kappa shape index (κ3) is 4.56. The van der Waals surface area contributed by atoms with Crippen molar-refractivity contribution in [2.24, 2.45) is 4.99 Å². The lowest BCUT2D eigenvalue weighted by Gasteiger charge is -2.35. The average molecular weight is 494 g/mol. The predicted molar refractivity (Wildman–Crippen MR) is 137 cm³/mol. The Hall–Kier alpha value is -3.23. The van der Waals surface area contributed by atoms with Crippen molar-refractivity contribution in [3.8, 4) is 0 Å². The van der Waals surface area contributed by atoms with Gasteiger partial charge in [-0.25, -0.2) is 9.37 Å². The minimum absolute atomic E-state index is 0.236. The van der Waals surface area contributed by atoms with Gasteiger partial charge in [-0.05, 0) is 35.7 Å². The number of amidine groups is 2. The molecule has 0 aliphatic carbocycles. The largest absolute Gasteiger partial charge is 0.369 e. The van der Waals surface area contributed by atoms with Crippen LogP contribution in [0, 0.1) is 6.92 Å². The van der Waals surface area contributed by atoms with Crippen molar-refractivity contribution in [3.05, 3.63) is 64.7 Å². The van der Waals surface area contributed by atoms with Crippen LogP contribution in [-0.4, -0.2) is 95.7 Å². The molecule has 1 unspecified atom stereocenters. The molecule has 2 aromatic rings. The third-order valence-electron chi connectivity index (χ3n) is 7.00. The van der Waals surface area contributed by atoms with Crippen molar-refractivity contribution in [1.82, 2.24) is 14.7 Å². The lowest BCUT2D eigenvalue weighted by atomic mass is 10.1. The molecule has 5 rings (SSSR count). The Labute approximate surface area is 210 Å². The van der Waals surface area contributed by atoms with E-state index in [0.29, 0.717) is 18.9 Å². The fourth-order valence-corrected chi connectivity index (χ4v) is 5.07. The predicted octanol–water partition coefficient (Wildman–Crippen LogP) is 2.69. The van der Waals surface area contributed by atoms with Crippen molar-refractivity contribution >= 4 is 40.9 Å². The number of rotatable bonds is 5.